The highest BCUT2D eigenvalue weighted by molar-refractivity contribution is 5.77. The van der Waals surface area contributed by atoms with Crippen molar-refractivity contribution in [2.24, 2.45) is 41.4 Å². The highest BCUT2D eigenvalue weighted by Gasteiger charge is 2.57. The number of hydrogen-bond acceptors (Lipinski definition) is 6. The summed E-state index contributed by atoms with van der Waals surface area (Å²) in [5.74, 6) is 6.05. The van der Waals surface area contributed by atoms with Crippen LogP contribution in [0.25, 0.3) is 11.0 Å². The summed E-state index contributed by atoms with van der Waals surface area (Å²) < 4.78 is 5.35. The van der Waals surface area contributed by atoms with Crippen LogP contribution in [0.3, 0.4) is 0 Å². The maximum Gasteiger partial charge on any atom is 0.336 e. The molecular weight excluding hydrogens is 544 g/mol. The van der Waals surface area contributed by atoms with Gasteiger partial charge in [0.05, 0.1) is 11.7 Å². The molecule has 12 rings (SSSR count). The number of hydrogen-bond donors (Lipinski definition) is 4. The molecule has 3 unspecified atom stereocenters. The lowest BCUT2D eigenvalue weighted by Gasteiger charge is -2.61. The molecule has 6 nitrogen and oxygen atoms in total. The van der Waals surface area contributed by atoms with Gasteiger partial charge in [-0.05, 0) is 153 Å². The summed E-state index contributed by atoms with van der Waals surface area (Å²) in [6.45, 7) is 1.88. The van der Waals surface area contributed by atoms with Gasteiger partial charge in [0.2, 0.25) is 0 Å². The lowest BCUT2D eigenvalue weighted by Crippen LogP contribution is -2.62. The molecular formula is C38H46N4O2. The summed E-state index contributed by atoms with van der Waals surface area (Å²) >= 11 is 0. The summed E-state index contributed by atoms with van der Waals surface area (Å²) in [5, 5.41) is 9.20. The van der Waals surface area contributed by atoms with Crippen molar-refractivity contribution in [2.45, 2.75) is 101 Å². The molecule has 2 aromatic carbocycles. The summed E-state index contributed by atoms with van der Waals surface area (Å²) in [4.78, 5) is 11.6. The minimum absolute atomic E-state index is 0.257. The lowest BCUT2D eigenvalue weighted by atomic mass is 9.47. The predicted molar refractivity (Wildman–Crippen MR) is 173 cm³/mol. The van der Waals surface area contributed by atoms with Crippen LogP contribution in [0.5, 0.6) is 0 Å². The average Bonchev–Trinajstić information content (AvgIpc) is 3.41. The van der Waals surface area contributed by atoms with E-state index in [1.807, 2.05) is 12.1 Å². The van der Waals surface area contributed by atoms with Crippen molar-refractivity contribution in [1.29, 1.82) is 0 Å². The quantitative estimate of drug-likeness (QED) is 0.227. The first-order chi connectivity index (χ1) is 21.5. The van der Waals surface area contributed by atoms with Crippen LogP contribution in [0.15, 0.2) is 57.7 Å². The molecule has 8 fully saturated rings. The fourth-order valence-corrected chi connectivity index (χ4v) is 12.6. The molecule has 0 spiro atoms. The predicted octanol–water partition coefficient (Wildman–Crippen LogP) is 6.81. The fourth-order valence-electron chi connectivity index (χ4n) is 12.6. The minimum Gasteiger partial charge on any atom is -0.423 e. The van der Waals surface area contributed by atoms with Crippen LogP contribution in [0.2, 0.25) is 0 Å². The Labute approximate surface area is 260 Å². The summed E-state index contributed by atoms with van der Waals surface area (Å²) in [6.07, 6.45) is 15.4. The molecule has 0 radical (unpaired) electrons. The van der Waals surface area contributed by atoms with Crippen molar-refractivity contribution < 1.29 is 4.42 Å². The van der Waals surface area contributed by atoms with E-state index in [0.717, 1.165) is 54.0 Å². The second-order valence-corrected chi connectivity index (χ2v) is 16.5. The van der Waals surface area contributed by atoms with Crippen LogP contribution in [-0.4, -0.2) is 11.1 Å². The third kappa shape index (κ3) is 4.34. The first-order valence-corrected chi connectivity index (χ1v) is 17.6. The zero-order valence-electron chi connectivity index (χ0n) is 25.7. The van der Waals surface area contributed by atoms with E-state index in [2.05, 4.69) is 51.8 Å². The first-order valence-electron chi connectivity index (χ1n) is 17.6. The maximum atomic E-state index is 11.6. The second kappa shape index (κ2) is 9.67. The average molecular weight is 591 g/mol. The van der Waals surface area contributed by atoms with E-state index in [-0.39, 0.29) is 11.2 Å². The van der Waals surface area contributed by atoms with Gasteiger partial charge in [0, 0.05) is 35.6 Å². The van der Waals surface area contributed by atoms with Gasteiger partial charge < -0.3 is 20.5 Å². The van der Waals surface area contributed by atoms with E-state index in [9.17, 15) is 4.79 Å². The zero-order valence-corrected chi connectivity index (χ0v) is 25.7. The number of nitrogens with one attached hydrogen (secondary N) is 4. The SMILES string of the molecule is O=c1ccc2cc(CNC34CC5CC(C3)C(C3NNc6cc(CNC78CC9CC(CC(C9)C7)C8)ccc63)C(C5)C4)ccc2o1. The Balaban J connectivity index is 0.824. The van der Waals surface area contributed by atoms with Crippen LogP contribution in [-0.2, 0) is 13.1 Å². The Hall–Kier alpha value is -2.67. The van der Waals surface area contributed by atoms with E-state index >= 15 is 0 Å². The molecule has 6 heteroatoms. The van der Waals surface area contributed by atoms with Crippen molar-refractivity contribution in [3.8, 4) is 0 Å². The topological polar surface area (TPSA) is 78.3 Å². The zero-order chi connectivity index (χ0) is 29.0. The van der Waals surface area contributed by atoms with Crippen LogP contribution in [0.4, 0.5) is 5.69 Å². The highest BCUT2D eigenvalue weighted by Crippen LogP contribution is 2.62. The van der Waals surface area contributed by atoms with Crippen molar-refractivity contribution in [3.05, 3.63) is 75.6 Å². The van der Waals surface area contributed by atoms with Crippen molar-refractivity contribution in [1.82, 2.24) is 16.1 Å². The van der Waals surface area contributed by atoms with Gasteiger partial charge in [-0.25, -0.2) is 10.2 Å². The normalized spacial score (nSPS) is 40.9. The Bertz CT molecular complexity index is 1630. The van der Waals surface area contributed by atoms with Crippen molar-refractivity contribution in [2.75, 3.05) is 5.43 Å². The Morgan fingerprint density at radius 3 is 2.02 bits per heavy atom. The standard InChI is InChI=1S/C38H46N4O2/c43-34-6-3-28-10-22(2-5-33(28)44-34)20-40-38-17-27-11-29(18-38)35(30(12-27)19-38)36-31-4-1-23(13-32(31)41-42-36)21-39-37-14-24-7-25(15-37)9-26(8-24)16-37/h1-6,10,13,24-27,29-30,35-36,39-42H,7-9,11-12,14-21H2. The van der Waals surface area contributed by atoms with E-state index in [4.69, 9.17) is 4.42 Å². The molecule has 0 saturated heterocycles. The Morgan fingerprint density at radius 2 is 1.32 bits per heavy atom. The van der Waals surface area contributed by atoms with Crippen molar-refractivity contribution in [3.63, 3.8) is 0 Å². The van der Waals surface area contributed by atoms with Gasteiger partial charge in [-0.2, -0.15) is 0 Å². The van der Waals surface area contributed by atoms with E-state index in [0.29, 0.717) is 23.1 Å². The minimum atomic E-state index is -0.286. The third-order valence-electron chi connectivity index (χ3n) is 13.6. The fraction of sp³-hybridized carbons (Fsp3) is 0.605. The highest BCUT2D eigenvalue weighted by atomic mass is 16.4. The number of anilines is 1. The molecule has 0 amide bonds. The molecule has 230 valence electrons. The van der Waals surface area contributed by atoms with Gasteiger partial charge in [0.1, 0.15) is 5.58 Å². The smallest absolute Gasteiger partial charge is 0.336 e. The molecule has 4 N–H and O–H groups in total. The molecule has 1 aliphatic heterocycles. The summed E-state index contributed by atoms with van der Waals surface area (Å²) in [6, 6.07) is 17.3. The van der Waals surface area contributed by atoms with Gasteiger partial charge >= 0.3 is 5.63 Å². The Kier molecular flexibility index (Phi) is 5.83. The van der Waals surface area contributed by atoms with Crippen LogP contribution < -0.4 is 27.1 Å². The molecule has 8 bridgehead atoms. The molecule has 44 heavy (non-hydrogen) atoms. The third-order valence-corrected chi connectivity index (χ3v) is 13.6. The van der Waals surface area contributed by atoms with Crippen molar-refractivity contribution >= 4 is 16.7 Å². The number of rotatable bonds is 7. The van der Waals surface area contributed by atoms with E-state index < -0.39 is 0 Å². The van der Waals surface area contributed by atoms with Gasteiger partial charge in [0.15, 0.2) is 0 Å². The lowest BCUT2D eigenvalue weighted by molar-refractivity contribution is -0.0785. The van der Waals surface area contributed by atoms with Gasteiger partial charge in [-0.3, -0.25) is 0 Å². The molecule has 3 atom stereocenters. The molecule has 9 aliphatic rings. The summed E-state index contributed by atoms with van der Waals surface area (Å²) in [7, 11) is 0. The number of fused-ring (bicyclic) bond motifs is 2. The van der Waals surface area contributed by atoms with E-state index in [1.54, 1.807) is 0 Å². The molecule has 8 aliphatic carbocycles. The molecule has 3 aromatic rings. The van der Waals surface area contributed by atoms with Gasteiger partial charge in [0.25, 0.3) is 0 Å². The number of benzene rings is 2. The molecule has 2 heterocycles. The van der Waals surface area contributed by atoms with Crippen LogP contribution in [0, 0.1) is 41.4 Å². The number of hydrazine groups is 1. The van der Waals surface area contributed by atoms with Gasteiger partial charge in [-0.15, -0.1) is 0 Å². The monoisotopic (exact) mass is 590 g/mol. The van der Waals surface area contributed by atoms with E-state index in [1.165, 1.54) is 99.1 Å². The maximum absolute atomic E-state index is 11.6. The second-order valence-electron chi connectivity index (χ2n) is 16.5. The molecule has 8 saturated carbocycles. The summed E-state index contributed by atoms with van der Waals surface area (Å²) in [5.41, 5.74) is 14.0. The Morgan fingerprint density at radius 1 is 0.705 bits per heavy atom. The van der Waals surface area contributed by atoms with Crippen LogP contribution in [0.1, 0.15) is 93.4 Å². The first kappa shape index (κ1) is 26.5. The largest absolute Gasteiger partial charge is 0.423 e. The van der Waals surface area contributed by atoms with Gasteiger partial charge in [-0.1, -0.05) is 18.2 Å². The van der Waals surface area contributed by atoms with Crippen LogP contribution >= 0.6 is 0 Å². The molecule has 1 aromatic heterocycles.